The molecule has 0 aliphatic carbocycles. The number of nitrogens with zero attached hydrogens (tertiary/aromatic N) is 3. The number of rotatable bonds is 4. The van der Waals surface area contributed by atoms with Crippen LogP contribution >= 0.6 is 11.3 Å². The average molecular weight is 393 g/mol. The number of nitrogens with one attached hydrogen (secondary N) is 1. The first-order chi connectivity index (χ1) is 13.5. The third kappa shape index (κ3) is 2.80. The van der Waals surface area contributed by atoms with E-state index in [2.05, 4.69) is 23.2 Å². The highest BCUT2D eigenvalue weighted by Crippen LogP contribution is 2.47. The molecular formula is C19H15N5O3S. The third-order valence-corrected chi connectivity index (χ3v) is 5.89. The van der Waals surface area contributed by atoms with Gasteiger partial charge in [-0.1, -0.05) is 19.1 Å². The maximum atomic E-state index is 11.2. The van der Waals surface area contributed by atoms with E-state index in [-0.39, 0.29) is 17.5 Å². The van der Waals surface area contributed by atoms with Crippen LogP contribution in [0.1, 0.15) is 28.2 Å². The largest absolute Gasteiger partial charge is 0.420 e. The minimum Gasteiger partial charge on any atom is -0.420 e. The Kier molecular flexibility index (Phi) is 4.33. The lowest BCUT2D eigenvalue weighted by atomic mass is 9.87. The van der Waals surface area contributed by atoms with E-state index in [0.29, 0.717) is 22.4 Å². The Morgan fingerprint density at radius 3 is 2.93 bits per heavy atom. The number of nitriles is 1. The van der Waals surface area contributed by atoms with Crippen LogP contribution in [0.15, 0.2) is 47.9 Å². The van der Waals surface area contributed by atoms with Crippen molar-refractivity contribution in [2.45, 2.75) is 19.3 Å². The number of allylic oxidation sites excluding steroid dienone is 1. The highest BCUT2D eigenvalue weighted by molar-refractivity contribution is 7.12. The van der Waals surface area contributed by atoms with E-state index in [1.807, 2.05) is 12.1 Å². The van der Waals surface area contributed by atoms with E-state index in [4.69, 9.17) is 10.5 Å². The minimum absolute atomic E-state index is 0.0172. The van der Waals surface area contributed by atoms with Crippen molar-refractivity contribution in [3.8, 4) is 23.2 Å². The first-order valence-electron chi connectivity index (χ1n) is 8.52. The normalized spacial score (nSPS) is 15.6. The van der Waals surface area contributed by atoms with Crippen LogP contribution in [0.25, 0.3) is 11.3 Å². The monoisotopic (exact) mass is 393 g/mol. The van der Waals surface area contributed by atoms with Gasteiger partial charge >= 0.3 is 0 Å². The summed E-state index contributed by atoms with van der Waals surface area (Å²) in [5.41, 5.74) is 8.04. The molecule has 8 nitrogen and oxygen atoms in total. The highest BCUT2D eigenvalue weighted by Gasteiger charge is 2.36. The summed E-state index contributed by atoms with van der Waals surface area (Å²) in [7, 11) is 0. The van der Waals surface area contributed by atoms with Crippen molar-refractivity contribution in [2.24, 2.45) is 5.73 Å². The molecule has 0 radical (unpaired) electrons. The number of H-pyrrole nitrogens is 1. The minimum atomic E-state index is -0.453. The van der Waals surface area contributed by atoms with Gasteiger partial charge < -0.3 is 10.5 Å². The van der Waals surface area contributed by atoms with E-state index < -0.39 is 10.8 Å². The van der Waals surface area contributed by atoms with Crippen LogP contribution in [0.2, 0.25) is 0 Å². The summed E-state index contributed by atoms with van der Waals surface area (Å²) >= 11 is 1.59. The number of hydrogen-bond acceptors (Lipinski definition) is 7. The third-order valence-electron chi connectivity index (χ3n) is 4.60. The van der Waals surface area contributed by atoms with Gasteiger partial charge in [-0.05, 0) is 18.6 Å². The quantitative estimate of drug-likeness (QED) is 0.511. The summed E-state index contributed by atoms with van der Waals surface area (Å²) in [5.74, 6) is -0.162. The molecule has 9 heteroatoms. The van der Waals surface area contributed by atoms with Gasteiger partial charge in [-0.3, -0.25) is 15.2 Å². The van der Waals surface area contributed by atoms with Crippen molar-refractivity contribution in [3.05, 3.63) is 73.3 Å². The highest BCUT2D eigenvalue weighted by atomic mass is 32.1. The number of aromatic nitrogens is 2. The molecule has 4 rings (SSSR count). The molecule has 3 N–H and O–H groups in total. The zero-order chi connectivity index (χ0) is 19.8. The number of fused-ring (bicyclic) bond motifs is 1. The Labute approximate surface area is 164 Å². The van der Waals surface area contributed by atoms with Crippen molar-refractivity contribution < 1.29 is 9.66 Å². The number of ether oxygens (including phenoxy) is 1. The Morgan fingerprint density at radius 1 is 1.43 bits per heavy atom. The van der Waals surface area contributed by atoms with Crippen molar-refractivity contribution >= 4 is 17.0 Å². The number of nitrogens with two attached hydrogens (primary N) is 1. The van der Waals surface area contributed by atoms with E-state index in [1.54, 1.807) is 23.5 Å². The maximum Gasteiger partial charge on any atom is 0.270 e. The summed E-state index contributed by atoms with van der Waals surface area (Å²) in [6.07, 6.45) is 0.880. The maximum absolute atomic E-state index is 11.2. The van der Waals surface area contributed by atoms with Crippen LogP contribution in [0.3, 0.4) is 0 Å². The number of non-ortho nitro benzene ring substituents is 1. The lowest BCUT2D eigenvalue weighted by Crippen LogP contribution is -2.20. The van der Waals surface area contributed by atoms with Gasteiger partial charge in [0.2, 0.25) is 11.8 Å². The first-order valence-corrected chi connectivity index (χ1v) is 9.34. The Morgan fingerprint density at radius 2 is 2.25 bits per heavy atom. The number of hydrogen-bond donors (Lipinski definition) is 2. The predicted molar refractivity (Wildman–Crippen MR) is 104 cm³/mol. The number of nitro benzene ring substituents is 1. The van der Waals surface area contributed by atoms with Gasteiger partial charge in [0, 0.05) is 27.5 Å². The van der Waals surface area contributed by atoms with Gasteiger partial charge in [-0.15, -0.1) is 16.4 Å². The molecule has 0 spiro atoms. The summed E-state index contributed by atoms with van der Waals surface area (Å²) in [5, 5.41) is 28.0. The van der Waals surface area contributed by atoms with E-state index in [1.165, 1.54) is 17.0 Å². The molecule has 0 saturated carbocycles. The van der Waals surface area contributed by atoms with Crippen LogP contribution in [0.5, 0.6) is 5.88 Å². The molecule has 1 aromatic carbocycles. The van der Waals surface area contributed by atoms with Crippen molar-refractivity contribution in [1.82, 2.24) is 10.2 Å². The SMILES string of the molecule is CCc1ccc(C2C(C#N)=C(N)Oc3n[nH]c(-c4cccc([N+](=O)[O-])c4)c32)s1. The number of aromatic amines is 1. The molecule has 0 bridgehead atoms. The van der Waals surface area contributed by atoms with Gasteiger partial charge in [-0.25, -0.2) is 0 Å². The van der Waals surface area contributed by atoms with Crippen LogP contribution in [-0.2, 0) is 6.42 Å². The zero-order valence-electron chi connectivity index (χ0n) is 14.8. The van der Waals surface area contributed by atoms with Crippen LogP contribution in [0, 0.1) is 21.4 Å². The van der Waals surface area contributed by atoms with Gasteiger partial charge in [0.1, 0.15) is 11.6 Å². The second-order valence-corrected chi connectivity index (χ2v) is 7.41. The fraction of sp³-hybridized carbons (Fsp3) is 0.158. The van der Waals surface area contributed by atoms with E-state index in [0.717, 1.165) is 11.3 Å². The van der Waals surface area contributed by atoms with Gasteiger partial charge in [-0.2, -0.15) is 5.26 Å². The summed E-state index contributed by atoms with van der Waals surface area (Å²) in [4.78, 5) is 12.8. The molecule has 1 atom stereocenters. The van der Waals surface area contributed by atoms with E-state index in [9.17, 15) is 15.4 Å². The fourth-order valence-electron chi connectivity index (χ4n) is 3.26. The van der Waals surface area contributed by atoms with Gasteiger partial charge in [0.15, 0.2) is 0 Å². The van der Waals surface area contributed by atoms with Gasteiger partial charge in [0.05, 0.1) is 22.1 Å². The smallest absolute Gasteiger partial charge is 0.270 e. The van der Waals surface area contributed by atoms with Crippen molar-refractivity contribution in [1.29, 1.82) is 5.26 Å². The molecular weight excluding hydrogens is 378 g/mol. The molecule has 0 amide bonds. The summed E-state index contributed by atoms with van der Waals surface area (Å²) in [6.45, 7) is 2.06. The average Bonchev–Trinajstić information content (AvgIpc) is 3.33. The molecule has 0 fully saturated rings. The van der Waals surface area contributed by atoms with Crippen LogP contribution in [0.4, 0.5) is 5.69 Å². The molecule has 28 heavy (non-hydrogen) atoms. The molecule has 1 aliphatic rings. The number of thiophene rings is 1. The van der Waals surface area contributed by atoms with E-state index >= 15 is 0 Å². The van der Waals surface area contributed by atoms with Crippen molar-refractivity contribution in [2.75, 3.05) is 0 Å². The lowest BCUT2D eigenvalue weighted by Gasteiger charge is -2.22. The molecule has 3 heterocycles. The Balaban J connectivity index is 1.92. The Bertz CT molecular complexity index is 1150. The van der Waals surface area contributed by atoms with Crippen LogP contribution in [-0.4, -0.2) is 15.1 Å². The van der Waals surface area contributed by atoms with Crippen LogP contribution < -0.4 is 10.5 Å². The number of benzene rings is 1. The summed E-state index contributed by atoms with van der Waals surface area (Å²) < 4.78 is 5.56. The van der Waals surface area contributed by atoms with Crippen molar-refractivity contribution in [3.63, 3.8) is 0 Å². The molecule has 1 aliphatic heterocycles. The molecule has 2 aromatic heterocycles. The molecule has 3 aromatic rings. The first kappa shape index (κ1) is 17.8. The second-order valence-electron chi connectivity index (χ2n) is 6.21. The summed E-state index contributed by atoms with van der Waals surface area (Å²) in [6, 6.07) is 12.4. The van der Waals surface area contributed by atoms with Gasteiger partial charge in [0.25, 0.3) is 5.69 Å². The predicted octanol–water partition coefficient (Wildman–Crippen LogP) is 3.83. The molecule has 1 unspecified atom stereocenters. The lowest BCUT2D eigenvalue weighted by molar-refractivity contribution is -0.384. The molecule has 0 saturated heterocycles. The number of aryl methyl sites for hydroxylation is 1. The zero-order valence-corrected chi connectivity index (χ0v) is 15.6. The Hall–Kier alpha value is -3.64. The fourth-order valence-corrected chi connectivity index (χ4v) is 4.34. The number of nitro groups is 1. The molecule has 140 valence electrons. The standard InChI is InChI=1S/C19H15N5O3S/c1-2-12-6-7-14(28-12)15-13(9-20)18(21)27-19-16(15)17(22-23-19)10-4-3-5-11(8-10)24(25)26/h3-8,15H,2,21H2,1H3,(H,22,23). The topological polar surface area (TPSA) is 131 Å². The second kappa shape index (κ2) is 6.83.